The van der Waals surface area contributed by atoms with Crippen LogP contribution in [0.3, 0.4) is 0 Å². The summed E-state index contributed by atoms with van der Waals surface area (Å²) in [6, 6.07) is 4.40. The van der Waals surface area contributed by atoms with Crippen LogP contribution in [0.4, 0.5) is 0 Å². The number of nitrogens with zero attached hydrogens (tertiary/aromatic N) is 1. The zero-order chi connectivity index (χ0) is 9.84. The van der Waals surface area contributed by atoms with E-state index in [1.54, 1.807) is 0 Å². The standard InChI is InChI=1S/C7H3Cl2NO3/c8-5-3-1-2-4(6(5)9)7(11)13-10-12/h1-3H. The lowest BCUT2D eigenvalue weighted by Gasteiger charge is -2.00. The first-order valence-electron chi connectivity index (χ1n) is 3.15. The van der Waals surface area contributed by atoms with Crippen molar-refractivity contribution in [3.05, 3.63) is 38.7 Å². The SMILES string of the molecule is O=NOC(=O)c1cccc(Cl)c1Cl. The number of carbonyl (C=O) groups excluding carboxylic acids is 1. The Bertz CT molecular complexity index is 354. The van der Waals surface area contributed by atoms with Gasteiger partial charge < -0.3 is 0 Å². The Morgan fingerprint density at radius 1 is 1.38 bits per heavy atom. The molecule has 0 spiro atoms. The molecule has 0 aromatic heterocycles. The maximum Gasteiger partial charge on any atom is 0.370 e. The van der Waals surface area contributed by atoms with Crippen molar-refractivity contribution in [2.45, 2.75) is 0 Å². The molecule has 1 rings (SSSR count). The topological polar surface area (TPSA) is 55.7 Å². The van der Waals surface area contributed by atoms with E-state index in [1.165, 1.54) is 18.2 Å². The molecular formula is C7H3Cl2NO3. The van der Waals surface area contributed by atoms with Crippen molar-refractivity contribution in [1.29, 1.82) is 0 Å². The van der Waals surface area contributed by atoms with Crippen molar-refractivity contribution in [3.63, 3.8) is 0 Å². The van der Waals surface area contributed by atoms with Crippen LogP contribution in [0.25, 0.3) is 0 Å². The first kappa shape index (κ1) is 9.95. The van der Waals surface area contributed by atoms with Gasteiger partial charge in [-0.25, -0.2) is 4.79 Å². The van der Waals surface area contributed by atoms with Crippen LogP contribution in [0, 0.1) is 4.91 Å². The van der Waals surface area contributed by atoms with Gasteiger partial charge in [-0.3, -0.25) is 4.84 Å². The van der Waals surface area contributed by atoms with Crippen molar-refractivity contribution < 1.29 is 9.63 Å². The van der Waals surface area contributed by atoms with Gasteiger partial charge in [-0.05, 0) is 12.1 Å². The average Bonchev–Trinajstić information content (AvgIpc) is 2.10. The van der Waals surface area contributed by atoms with Gasteiger partial charge in [0.25, 0.3) is 0 Å². The van der Waals surface area contributed by atoms with Crippen LogP contribution < -0.4 is 0 Å². The van der Waals surface area contributed by atoms with E-state index in [0.29, 0.717) is 0 Å². The van der Waals surface area contributed by atoms with Crippen molar-refractivity contribution in [2.75, 3.05) is 0 Å². The van der Waals surface area contributed by atoms with E-state index < -0.39 is 5.97 Å². The van der Waals surface area contributed by atoms with Gasteiger partial charge in [-0.15, -0.1) is 4.91 Å². The van der Waals surface area contributed by atoms with Crippen molar-refractivity contribution in [2.24, 2.45) is 5.34 Å². The molecule has 0 saturated heterocycles. The maximum absolute atomic E-state index is 11.0. The summed E-state index contributed by atoms with van der Waals surface area (Å²) in [7, 11) is 0. The minimum absolute atomic E-state index is 0.00812. The van der Waals surface area contributed by atoms with Gasteiger partial charge in [0.15, 0.2) is 5.34 Å². The average molecular weight is 220 g/mol. The fourth-order valence-corrected chi connectivity index (χ4v) is 1.12. The van der Waals surface area contributed by atoms with Crippen LogP contribution in [0.1, 0.15) is 10.4 Å². The summed E-state index contributed by atoms with van der Waals surface area (Å²) in [5.41, 5.74) is 0.00812. The van der Waals surface area contributed by atoms with E-state index in [2.05, 4.69) is 4.84 Å². The van der Waals surface area contributed by atoms with Crippen LogP contribution in [-0.2, 0) is 4.84 Å². The van der Waals surface area contributed by atoms with Crippen LogP contribution in [0.15, 0.2) is 23.5 Å². The highest BCUT2D eigenvalue weighted by molar-refractivity contribution is 6.43. The lowest BCUT2D eigenvalue weighted by Crippen LogP contribution is -2.00. The summed E-state index contributed by atoms with van der Waals surface area (Å²) in [6.07, 6.45) is 0. The molecule has 1 aromatic rings. The Balaban J connectivity index is 3.07. The molecule has 0 saturated carbocycles. The molecule has 0 heterocycles. The highest BCUT2D eigenvalue weighted by Gasteiger charge is 2.14. The highest BCUT2D eigenvalue weighted by atomic mass is 35.5. The van der Waals surface area contributed by atoms with E-state index >= 15 is 0 Å². The minimum atomic E-state index is -0.928. The monoisotopic (exact) mass is 219 g/mol. The van der Waals surface area contributed by atoms with E-state index in [1.807, 2.05) is 5.34 Å². The van der Waals surface area contributed by atoms with Gasteiger partial charge in [0, 0.05) is 0 Å². The predicted octanol–water partition coefficient (Wildman–Crippen LogP) is 2.83. The molecule has 0 radical (unpaired) electrons. The van der Waals surface area contributed by atoms with Crippen molar-refractivity contribution >= 4 is 29.2 Å². The molecular weight excluding hydrogens is 217 g/mol. The fraction of sp³-hybridized carbons (Fsp3) is 0. The zero-order valence-corrected chi connectivity index (χ0v) is 7.67. The quantitative estimate of drug-likeness (QED) is 0.568. The minimum Gasteiger partial charge on any atom is -0.279 e. The van der Waals surface area contributed by atoms with E-state index in [-0.39, 0.29) is 15.6 Å². The van der Waals surface area contributed by atoms with Crippen molar-refractivity contribution in [3.8, 4) is 0 Å². The van der Waals surface area contributed by atoms with Gasteiger partial charge in [-0.1, -0.05) is 29.3 Å². The molecule has 0 bridgehead atoms. The Morgan fingerprint density at radius 2 is 2.08 bits per heavy atom. The third-order valence-electron chi connectivity index (χ3n) is 1.29. The Hall–Kier alpha value is -1.13. The van der Waals surface area contributed by atoms with E-state index in [4.69, 9.17) is 23.2 Å². The molecule has 0 amide bonds. The molecule has 0 aliphatic heterocycles. The molecule has 0 unspecified atom stereocenters. The summed E-state index contributed by atoms with van der Waals surface area (Å²) < 4.78 is 0. The second-order valence-corrected chi connectivity index (χ2v) is 2.84. The van der Waals surface area contributed by atoms with Gasteiger partial charge in [0.05, 0.1) is 15.6 Å². The molecule has 13 heavy (non-hydrogen) atoms. The summed E-state index contributed by atoms with van der Waals surface area (Å²) >= 11 is 11.3. The van der Waals surface area contributed by atoms with E-state index in [0.717, 1.165) is 0 Å². The smallest absolute Gasteiger partial charge is 0.279 e. The number of hydrogen-bond acceptors (Lipinski definition) is 4. The van der Waals surface area contributed by atoms with Gasteiger partial charge in [0.2, 0.25) is 0 Å². The van der Waals surface area contributed by atoms with Crippen LogP contribution in [0.2, 0.25) is 10.0 Å². The molecule has 6 heteroatoms. The Morgan fingerprint density at radius 3 is 2.69 bits per heavy atom. The summed E-state index contributed by atoms with van der Waals surface area (Å²) in [6.45, 7) is 0. The molecule has 1 aromatic carbocycles. The van der Waals surface area contributed by atoms with Gasteiger partial charge >= 0.3 is 5.97 Å². The third-order valence-corrected chi connectivity index (χ3v) is 2.11. The number of hydrogen-bond donors (Lipinski definition) is 0. The molecule has 4 nitrogen and oxygen atoms in total. The lowest BCUT2D eigenvalue weighted by atomic mass is 10.2. The molecule has 0 aliphatic carbocycles. The zero-order valence-electron chi connectivity index (χ0n) is 6.16. The normalized spacial score (nSPS) is 9.38. The molecule has 0 aliphatic rings. The third kappa shape index (κ3) is 2.17. The van der Waals surface area contributed by atoms with Gasteiger partial charge in [0.1, 0.15) is 0 Å². The second-order valence-electron chi connectivity index (χ2n) is 2.05. The van der Waals surface area contributed by atoms with Crippen LogP contribution >= 0.6 is 23.2 Å². The molecule has 0 fully saturated rings. The maximum atomic E-state index is 11.0. The van der Waals surface area contributed by atoms with E-state index in [9.17, 15) is 9.70 Å². The summed E-state index contributed by atoms with van der Waals surface area (Å²) in [5.74, 6) is -0.928. The number of rotatable bonds is 2. The highest BCUT2D eigenvalue weighted by Crippen LogP contribution is 2.25. The fourth-order valence-electron chi connectivity index (χ4n) is 0.744. The number of halogens is 2. The largest absolute Gasteiger partial charge is 0.370 e. The Kier molecular flexibility index (Phi) is 3.22. The summed E-state index contributed by atoms with van der Waals surface area (Å²) in [5, 5.41) is 2.23. The van der Waals surface area contributed by atoms with Crippen molar-refractivity contribution in [1.82, 2.24) is 0 Å². The van der Waals surface area contributed by atoms with Crippen LogP contribution in [0.5, 0.6) is 0 Å². The number of benzene rings is 1. The summed E-state index contributed by atoms with van der Waals surface area (Å²) in [4.78, 5) is 24.4. The molecule has 0 N–H and O–H groups in total. The predicted molar refractivity (Wildman–Crippen MR) is 47.7 cm³/mol. The Labute approximate surface area is 83.3 Å². The first-order valence-corrected chi connectivity index (χ1v) is 3.90. The number of carbonyl (C=O) groups is 1. The molecule has 68 valence electrons. The first-order chi connectivity index (χ1) is 6.16. The second kappa shape index (κ2) is 4.20. The van der Waals surface area contributed by atoms with Gasteiger partial charge in [-0.2, -0.15) is 0 Å². The molecule has 0 atom stereocenters. The van der Waals surface area contributed by atoms with Crippen LogP contribution in [-0.4, -0.2) is 5.97 Å². The lowest BCUT2D eigenvalue weighted by molar-refractivity contribution is 0.0508.